The lowest BCUT2D eigenvalue weighted by Gasteiger charge is -2.18. The third-order valence-corrected chi connectivity index (χ3v) is 3.83. The standard InChI is InChI=1S/C17H20FN3/c1-2-8-19-10-13-7-9-20-17(16(13)18)21-11-14-5-3-4-6-15(14)12-21/h3-7,9,19H,2,8,10-12H2,1H3. The van der Waals surface area contributed by atoms with Crippen LogP contribution < -0.4 is 10.2 Å². The molecule has 0 spiro atoms. The smallest absolute Gasteiger partial charge is 0.170 e. The summed E-state index contributed by atoms with van der Waals surface area (Å²) < 4.78 is 14.6. The maximum Gasteiger partial charge on any atom is 0.170 e. The number of anilines is 1. The van der Waals surface area contributed by atoms with E-state index in [1.165, 1.54) is 11.1 Å². The summed E-state index contributed by atoms with van der Waals surface area (Å²) in [6, 6.07) is 10.00. The molecule has 1 aromatic carbocycles. The number of hydrogen-bond acceptors (Lipinski definition) is 3. The van der Waals surface area contributed by atoms with E-state index in [1.54, 1.807) is 12.3 Å². The third-order valence-electron chi connectivity index (χ3n) is 3.83. The van der Waals surface area contributed by atoms with Gasteiger partial charge in [-0.1, -0.05) is 31.2 Å². The Bertz CT molecular complexity index is 602. The fourth-order valence-corrected chi connectivity index (χ4v) is 2.71. The van der Waals surface area contributed by atoms with E-state index in [-0.39, 0.29) is 5.82 Å². The fraction of sp³-hybridized carbons (Fsp3) is 0.353. The van der Waals surface area contributed by atoms with Crippen LogP contribution in [0.1, 0.15) is 30.0 Å². The highest BCUT2D eigenvalue weighted by Gasteiger charge is 2.23. The maximum atomic E-state index is 14.6. The van der Waals surface area contributed by atoms with Gasteiger partial charge in [0.05, 0.1) is 0 Å². The van der Waals surface area contributed by atoms with Crippen molar-refractivity contribution in [2.24, 2.45) is 0 Å². The van der Waals surface area contributed by atoms with Crippen molar-refractivity contribution in [1.29, 1.82) is 0 Å². The number of nitrogens with one attached hydrogen (secondary N) is 1. The molecule has 0 aliphatic carbocycles. The number of aromatic nitrogens is 1. The zero-order valence-corrected chi connectivity index (χ0v) is 12.3. The minimum Gasteiger partial charge on any atom is -0.345 e. The van der Waals surface area contributed by atoms with Gasteiger partial charge in [0.25, 0.3) is 0 Å². The first-order valence-corrected chi connectivity index (χ1v) is 7.45. The van der Waals surface area contributed by atoms with Gasteiger partial charge in [0, 0.05) is 31.4 Å². The average molecular weight is 285 g/mol. The summed E-state index contributed by atoms with van der Waals surface area (Å²) in [6.45, 7) is 5.00. The number of pyridine rings is 1. The molecule has 21 heavy (non-hydrogen) atoms. The molecule has 0 saturated heterocycles. The van der Waals surface area contributed by atoms with Crippen molar-refractivity contribution in [2.75, 3.05) is 11.4 Å². The molecule has 3 rings (SSSR count). The van der Waals surface area contributed by atoms with Crippen molar-refractivity contribution in [3.8, 4) is 0 Å². The molecule has 4 heteroatoms. The van der Waals surface area contributed by atoms with Gasteiger partial charge in [0.2, 0.25) is 0 Å². The van der Waals surface area contributed by atoms with E-state index in [9.17, 15) is 4.39 Å². The van der Waals surface area contributed by atoms with Gasteiger partial charge in [0.1, 0.15) is 0 Å². The number of fused-ring (bicyclic) bond motifs is 1. The Balaban J connectivity index is 1.79. The molecule has 3 nitrogen and oxygen atoms in total. The number of halogens is 1. The summed E-state index contributed by atoms with van der Waals surface area (Å²) >= 11 is 0. The highest BCUT2D eigenvalue weighted by Crippen LogP contribution is 2.29. The lowest BCUT2D eigenvalue weighted by molar-refractivity contribution is 0.575. The first-order chi connectivity index (χ1) is 10.3. The predicted molar refractivity (Wildman–Crippen MR) is 82.5 cm³/mol. The Morgan fingerprint density at radius 1 is 1.19 bits per heavy atom. The van der Waals surface area contributed by atoms with Crippen LogP contribution in [0.5, 0.6) is 0 Å². The van der Waals surface area contributed by atoms with Gasteiger partial charge in [0.15, 0.2) is 11.6 Å². The summed E-state index contributed by atoms with van der Waals surface area (Å²) in [4.78, 5) is 6.26. The molecule has 0 atom stereocenters. The zero-order valence-electron chi connectivity index (χ0n) is 12.3. The summed E-state index contributed by atoms with van der Waals surface area (Å²) in [7, 11) is 0. The largest absolute Gasteiger partial charge is 0.345 e. The topological polar surface area (TPSA) is 28.2 Å². The van der Waals surface area contributed by atoms with E-state index < -0.39 is 0 Å². The minimum atomic E-state index is -0.200. The lowest BCUT2D eigenvalue weighted by Crippen LogP contribution is -2.20. The average Bonchev–Trinajstić information content (AvgIpc) is 2.93. The molecule has 2 heterocycles. The van der Waals surface area contributed by atoms with Gasteiger partial charge in [-0.25, -0.2) is 9.37 Å². The Morgan fingerprint density at radius 2 is 1.90 bits per heavy atom. The van der Waals surface area contributed by atoms with Crippen LogP contribution in [0.25, 0.3) is 0 Å². The summed E-state index contributed by atoms with van der Waals surface area (Å²) in [5.41, 5.74) is 3.20. The van der Waals surface area contributed by atoms with Gasteiger partial charge in [-0.2, -0.15) is 0 Å². The van der Waals surface area contributed by atoms with Gasteiger partial charge < -0.3 is 10.2 Å². The van der Waals surface area contributed by atoms with Crippen molar-refractivity contribution < 1.29 is 4.39 Å². The molecule has 2 aromatic rings. The molecular formula is C17H20FN3. The van der Waals surface area contributed by atoms with Crippen LogP contribution in [0, 0.1) is 5.82 Å². The van der Waals surface area contributed by atoms with Crippen molar-refractivity contribution in [1.82, 2.24) is 10.3 Å². The van der Waals surface area contributed by atoms with Crippen LogP contribution in [-0.2, 0) is 19.6 Å². The molecular weight excluding hydrogens is 265 g/mol. The number of nitrogens with zero attached hydrogens (tertiary/aromatic N) is 2. The molecule has 110 valence electrons. The third kappa shape index (κ3) is 2.90. The minimum absolute atomic E-state index is 0.200. The van der Waals surface area contributed by atoms with Gasteiger partial charge in [-0.3, -0.25) is 0 Å². The molecule has 0 amide bonds. The molecule has 1 aliphatic rings. The van der Waals surface area contributed by atoms with Gasteiger partial charge in [-0.05, 0) is 30.2 Å². The van der Waals surface area contributed by atoms with Gasteiger partial charge in [-0.15, -0.1) is 0 Å². The Kier molecular flexibility index (Phi) is 4.15. The Hall–Kier alpha value is -1.94. The molecule has 0 bridgehead atoms. The van der Waals surface area contributed by atoms with Crippen molar-refractivity contribution in [3.63, 3.8) is 0 Å². The molecule has 0 unspecified atom stereocenters. The van der Waals surface area contributed by atoms with Crippen molar-refractivity contribution >= 4 is 5.82 Å². The lowest BCUT2D eigenvalue weighted by atomic mass is 10.1. The zero-order chi connectivity index (χ0) is 14.7. The molecule has 1 N–H and O–H groups in total. The predicted octanol–water partition coefficient (Wildman–Crippen LogP) is 3.24. The number of benzene rings is 1. The summed E-state index contributed by atoms with van der Waals surface area (Å²) in [6.07, 6.45) is 2.74. The molecule has 0 fully saturated rings. The van der Waals surface area contributed by atoms with E-state index in [2.05, 4.69) is 29.4 Å². The Morgan fingerprint density at radius 3 is 2.57 bits per heavy atom. The highest BCUT2D eigenvalue weighted by atomic mass is 19.1. The van der Waals surface area contributed by atoms with E-state index >= 15 is 0 Å². The summed E-state index contributed by atoms with van der Waals surface area (Å²) in [5, 5.41) is 3.24. The van der Waals surface area contributed by atoms with E-state index in [1.807, 2.05) is 17.0 Å². The number of hydrogen-bond donors (Lipinski definition) is 1. The van der Waals surface area contributed by atoms with Crippen LogP contribution >= 0.6 is 0 Å². The SMILES string of the molecule is CCCNCc1ccnc(N2Cc3ccccc3C2)c1F. The second-order valence-electron chi connectivity index (χ2n) is 5.41. The first kappa shape index (κ1) is 14.0. The van der Waals surface area contributed by atoms with E-state index in [4.69, 9.17) is 0 Å². The second-order valence-corrected chi connectivity index (χ2v) is 5.41. The van der Waals surface area contributed by atoms with Crippen LogP contribution in [0.15, 0.2) is 36.5 Å². The molecule has 0 radical (unpaired) electrons. The molecule has 1 aromatic heterocycles. The fourth-order valence-electron chi connectivity index (χ4n) is 2.71. The Labute approximate surface area is 124 Å². The van der Waals surface area contributed by atoms with Crippen LogP contribution in [0.3, 0.4) is 0 Å². The van der Waals surface area contributed by atoms with E-state index in [0.29, 0.717) is 17.9 Å². The molecule has 0 saturated carbocycles. The number of rotatable bonds is 5. The van der Waals surface area contributed by atoms with Crippen LogP contribution in [0.2, 0.25) is 0 Å². The van der Waals surface area contributed by atoms with E-state index in [0.717, 1.165) is 26.1 Å². The highest BCUT2D eigenvalue weighted by molar-refractivity contribution is 5.49. The van der Waals surface area contributed by atoms with Crippen molar-refractivity contribution in [2.45, 2.75) is 33.0 Å². The second kappa shape index (κ2) is 6.22. The first-order valence-electron chi connectivity index (χ1n) is 7.45. The van der Waals surface area contributed by atoms with Crippen molar-refractivity contribution in [3.05, 3.63) is 59.0 Å². The monoisotopic (exact) mass is 285 g/mol. The van der Waals surface area contributed by atoms with Gasteiger partial charge >= 0.3 is 0 Å². The van der Waals surface area contributed by atoms with Crippen LogP contribution in [0.4, 0.5) is 10.2 Å². The van der Waals surface area contributed by atoms with Crippen LogP contribution in [-0.4, -0.2) is 11.5 Å². The summed E-state index contributed by atoms with van der Waals surface area (Å²) in [5.74, 6) is 0.260. The normalized spacial score (nSPS) is 13.5. The maximum absolute atomic E-state index is 14.6. The molecule has 1 aliphatic heterocycles. The quantitative estimate of drug-likeness (QED) is 0.855.